The van der Waals surface area contributed by atoms with Crippen LogP contribution in [0.25, 0.3) is 0 Å². The van der Waals surface area contributed by atoms with Crippen molar-refractivity contribution in [1.29, 1.82) is 0 Å². The summed E-state index contributed by atoms with van der Waals surface area (Å²) in [6, 6.07) is 6.83. The summed E-state index contributed by atoms with van der Waals surface area (Å²) in [7, 11) is -1.68. The molecular weight excluding hydrogens is 212 g/mol. The van der Waals surface area contributed by atoms with Crippen molar-refractivity contribution in [2.75, 3.05) is 18.9 Å². The number of sulfonamides is 1. The Labute approximate surface area is 90.8 Å². The van der Waals surface area contributed by atoms with Gasteiger partial charge in [-0.2, -0.15) is 0 Å². The third-order valence-electron chi connectivity index (χ3n) is 1.99. The molecule has 0 atom stereocenters. The lowest BCUT2D eigenvalue weighted by Crippen LogP contribution is -2.25. The van der Waals surface area contributed by atoms with Crippen LogP contribution in [0.4, 0.5) is 5.69 Å². The normalized spacial score (nSPS) is 11.3. The van der Waals surface area contributed by atoms with Crippen LogP contribution < -0.4 is 10.0 Å². The van der Waals surface area contributed by atoms with E-state index in [9.17, 15) is 8.42 Å². The Balaban J connectivity index is 3.04. The molecule has 0 saturated heterocycles. The molecule has 0 aliphatic heterocycles. The highest BCUT2D eigenvalue weighted by Gasteiger charge is 2.16. The second kappa shape index (κ2) is 5.14. The summed E-state index contributed by atoms with van der Waals surface area (Å²) in [5.41, 5.74) is 0.612. The van der Waals surface area contributed by atoms with Gasteiger partial charge < -0.3 is 5.32 Å². The minimum Gasteiger partial charge on any atom is -0.387 e. The first kappa shape index (κ1) is 12.0. The Morgan fingerprint density at radius 3 is 2.53 bits per heavy atom. The van der Waals surface area contributed by atoms with Crippen LogP contribution in [-0.4, -0.2) is 22.0 Å². The summed E-state index contributed by atoms with van der Waals surface area (Å²) in [4.78, 5) is 0.293. The van der Waals surface area contributed by atoms with Crippen molar-refractivity contribution >= 4 is 15.7 Å². The highest BCUT2D eigenvalue weighted by atomic mass is 32.2. The maximum atomic E-state index is 11.8. The number of anilines is 1. The molecule has 84 valence electrons. The molecule has 0 spiro atoms. The lowest BCUT2D eigenvalue weighted by atomic mass is 10.3. The molecule has 4 nitrogen and oxygen atoms in total. The van der Waals surface area contributed by atoms with Crippen molar-refractivity contribution in [2.24, 2.45) is 0 Å². The third kappa shape index (κ3) is 2.94. The van der Waals surface area contributed by atoms with E-state index in [1.165, 1.54) is 0 Å². The summed E-state index contributed by atoms with van der Waals surface area (Å²) in [5.74, 6) is 0. The standard InChI is InChI=1S/C10H16N2O2S/c1-3-8-12-15(13,14)10-7-5-4-6-9(10)11-2/h4-7,11-12H,3,8H2,1-2H3. The Kier molecular flexibility index (Phi) is 4.11. The van der Waals surface area contributed by atoms with E-state index in [-0.39, 0.29) is 0 Å². The first-order chi connectivity index (χ1) is 7.11. The monoisotopic (exact) mass is 228 g/mol. The van der Waals surface area contributed by atoms with Gasteiger partial charge in [-0.3, -0.25) is 0 Å². The molecule has 0 bridgehead atoms. The van der Waals surface area contributed by atoms with Crippen molar-refractivity contribution in [3.05, 3.63) is 24.3 Å². The zero-order valence-electron chi connectivity index (χ0n) is 8.95. The predicted molar refractivity (Wildman–Crippen MR) is 61.5 cm³/mol. The number of nitrogens with one attached hydrogen (secondary N) is 2. The first-order valence-electron chi connectivity index (χ1n) is 4.88. The molecule has 0 radical (unpaired) electrons. The summed E-state index contributed by atoms with van der Waals surface area (Å²) < 4.78 is 26.2. The Morgan fingerprint density at radius 2 is 1.93 bits per heavy atom. The van der Waals surface area contributed by atoms with E-state index in [2.05, 4.69) is 10.0 Å². The highest BCUT2D eigenvalue weighted by Crippen LogP contribution is 2.19. The number of hydrogen-bond donors (Lipinski definition) is 2. The molecule has 0 saturated carbocycles. The molecule has 2 N–H and O–H groups in total. The zero-order chi connectivity index (χ0) is 11.3. The smallest absolute Gasteiger partial charge is 0.242 e. The quantitative estimate of drug-likeness (QED) is 0.801. The molecule has 0 aliphatic rings. The van der Waals surface area contributed by atoms with Gasteiger partial charge >= 0.3 is 0 Å². The van der Waals surface area contributed by atoms with Crippen LogP contribution in [0.15, 0.2) is 29.2 Å². The average Bonchev–Trinajstić information content (AvgIpc) is 2.26. The van der Waals surface area contributed by atoms with Crippen LogP contribution in [-0.2, 0) is 10.0 Å². The fourth-order valence-electron chi connectivity index (χ4n) is 1.22. The number of rotatable bonds is 5. The van der Waals surface area contributed by atoms with E-state index in [1.54, 1.807) is 31.3 Å². The Bertz CT molecular complexity index is 415. The zero-order valence-corrected chi connectivity index (χ0v) is 9.76. The van der Waals surface area contributed by atoms with Crippen LogP contribution in [0.2, 0.25) is 0 Å². The number of benzene rings is 1. The van der Waals surface area contributed by atoms with Crippen LogP contribution in [0.5, 0.6) is 0 Å². The molecule has 1 aromatic rings. The molecule has 0 unspecified atom stereocenters. The second-order valence-electron chi connectivity index (χ2n) is 3.14. The van der Waals surface area contributed by atoms with Gasteiger partial charge in [0.05, 0.1) is 5.69 Å². The lowest BCUT2D eigenvalue weighted by Gasteiger charge is -2.10. The molecule has 15 heavy (non-hydrogen) atoms. The summed E-state index contributed by atoms with van der Waals surface area (Å²) in [5, 5.41) is 2.86. The maximum Gasteiger partial charge on any atom is 0.242 e. The van der Waals surface area contributed by atoms with E-state index < -0.39 is 10.0 Å². The largest absolute Gasteiger partial charge is 0.387 e. The summed E-state index contributed by atoms with van der Waals surface area (Å²) in [6.07, 6.45) is 0.779. The number of hydrogen-bond acceptors (Lipinski definition) is 3. The van der Waals surface area contributed by atoms with Gasteiger partial charge in [-0.25, -0.2) is 13.1 Å². The molecule has 0 aliphatic carbocycles. The fraction of sp³-hybridized carbons (Fsp3) is 0.400. The van der Waals surface area contributed by atoms with Gasteiger partial charge in [-0.05, 0) is 18.6 Å². The van der Waals surface area contributed by atoms with Gasteiger partial charge in [0.2, 0.25) is 10.0 Å². The van der Waals surface area contributed by atoms with Crippen LogP contribution in [0, 0.1) is 0 Å². The van der Waals surface area contributed by atoms with Gasteiger partial charge in [0, 0.05) is 13.6 Å². The van der Waals surface area contributed by atoms with E-state index in [0.29, 0.717) is 17.1 Å². The van der Waals surface area contributed by atoms with Gasteiger partial charge in [0.25, 0.3) is 0 Å². The lowest BCUT2D eigenvalue weighted by molar-refractivity contribution is 0.581. The van der Waals surface area contributed by atoms with Crippen LogP contribution in [0.3, 0.4) is 0 Å². The molecule has 0 heterocycles. The highest BCUT2D eigenvalue weighted by molar-refractivity contribution is 7.89. The third-order valence-corrected chi connectivity index (χ3v) is 3.51. The van der Waals surface area contributed by atoms with Gasteiger partial charge in [0.15, 0.2) is 0 Å². The Morgan fingerprint density at radius 1 is 1.27 bits per heavy atom. The van der Waals surface area contributed by atoms with Crippen LogP contribution in [0.1, 0.15) is 13.3 Å². The molecule has 0 fully saturated rings. The van der Waals surface area contributed by atoms with Crippen LogP contribution >= 0.6 is 0 Å². The Hall–Kier alpha value is -1.07. The van der Waals surface area contributed by atoms with E-state index in [1.807, 2.05) is 6.92 Å². The van der Waals surface area contributed by atoms with Gasteiger partial charge in [-0.1, -0.05) is 19.1 Å². The molecule has 5 heteroatoms. The molecule has 0 amide bonds. The SMILES string of the molecule is CCCNS(=O)(=O)c1ccccc1NC. The topological polar surface area (TPSA) is 58.2 Å². The molecular formula is C10H16N2O2S. The average molecular weight is 228 g/mol. The molecule has 1 aromatic carbocycles. The van der Waals surface area contributed by atoms with Crippen molar-refractivity contribution in [2.45, 2.75) is 18.2 Å². The summed E-state index contributed by atoms with van der Waals surface area (Å²) in [6.45, 7) is 2.38. The van der Waals surface area contributed by atoms with Crippen molar-refractivity contribution in [3.8, 4) is 0 Å². The van der Waals surface area contributed by atoms with Gasteiger partial charge in [-0.15, -0.1) is 0 Å². The first-order valence-corrected chi connectivity index (χ1v) is 6.36. The van der Waals surface area contributed by atoms with Gasteiger partial charge in [0.1, 0.15) is 4.90 Å². The molecule has 0 aromatic heterocycles. The fourth-order valence-corrected chi connectivity index (χ4v) is 2.57. The van der Waals surface area contributed by atoms with Crippen molar-refractivity contribution in [3.63, 3.8) is 0 Å². The van der Waals surface area contributed by atoms with Crippen molar-refractivity contribution in [1.82, 2.24) is 4.72 Å². The summed E-state index contributed by atoms with van der Waals surface area (Å²) >= 11 is 0. The predicted octanol–water partition coefficient (Wildman–Crippen LogP) is 1.42. The van der Waals surface area contributed by atoms with E-state index >= 15 is 0 Å². The van der Waals surface area contributed by atoms with Crippen molar-refractivity contribution < 1.29 is 8.42 Å². The molecule has 1 rings (SSSR count). The number of para-hydroxylation sites is 1. The second-order valence-corrected chi connectivity index (χ2v) is 4.88. The minimum absolute atomic E-state index is 0.293. The minimum atomic E-state index is -3.38. The maximum absolute atomic E-state index is 11.8. The van der Waals surface area contributed by atoms with E-state index in [4.69, 9.17) is 0 Å². The van der Waals surface area contributed by atoms with E-state index in [0.717, 1.165) is 6.42 Å².